The molecule has 0 saturated heterocycles. The van der Waals surface area contributed by atoms with Crippen LogP contribution in [0, 0.1) is 6.92 Å². The Morgan fingerprint density at radius 3 is 2.52 bits per heavy atom. The Hall–Kier alpha value is -2.20. The Bertz CT molecular complexity index is 772. The lowest BCUT2D eigenvalue weighted by atomic mass is 10.2. The van der Waals surface area contributed by atoms with Gasteiger partial charge in [-0.3, -0.25) is 9.52 Å². The first kappa shape index (κ1) is 17.2. The molecule has 2 N–H and O–H groups in total. The number of aromatic nitrogens is 2. The van der Waals surface area contributed by atoms with E-state index in [2.05, 4.69) is 20.2 Å². The fourth-order valence-electron chi connectivity index (χ4n) is 1.55. The minimum Gasteiger partial charge on any atom is -0.493 e. The van der Waals surface area contributed by atoms with E-state index in [-0.39, 0.29) is 29.2 Å². The number of anilines is 2. The van der Waals surface area contributed by atoms with Gasteiger partial charge in [0, 0.05) is 0 Å². The second-order valence-corrected chi connectivity index (χ2v) is 7.47. The second-order valence-electron chi connectivity index (χ2n) is 4.75. The molecule has 1 aromatic carbocycles. The minimum atomic E-state index is -3.42. The first-order valence-corrected chi connectivity index (χ1v) is 9.33. The summed E-state index contributed by atoms with van der Waals surface area (Å²) in [6.45, 7) is 2.20. The zero-order valence-corrected chi connectivity index (χ0v) is 14.2. The summed E-state index contributed by atoms with van der Waals surface area (Å²) < 4.78 is 29.7. The highest BCUT2D eigenvalue weighted by atomic mass is 32.2. The van der Waals surface area contributed by atoms with Gasteiger partial charge < -0.3 is 10.1 Å². The molecule has 0 unspecified atom stereocenters. The molecule has 0 saturated carbocycles. The molecule has 8 nitrogen and oxygen atoms in total. The number of nitrogens with zero attached hydrogens (tertiary/aromatic N) is 2. The maximum atomic E-state index is 11.8. The molecule has 0 spiro atoms. The molecular weight excluding hydrogens is 340 g/mol. The van der Waals surface area contributed by atoms with Gasteiger partial charge in [-0.1, -0.05) is 29.0 Å². The summed E-state index contributed by atoms with van der Waals surface area (Å²) >= 11 is 0.934. The van der Waals surface area contributed by atoms with Gasteiger partial charge in [-0.05, 0) is 19.1 Å². The molecule has 23 heavy (non-hydrogen) atoms. The van der Waals surface area contributed by atoms with Crippen molar-refractivity contribution in [3.8, 4) is 5.75 Å². The van der Waals surface area contributed by atoms with Gasteiger partial charge in [0.1, 0.15) is 5.75 Å². The number of hydrogen-bond acceptors (Lipinski definition) is 7. The second kappa shape index (κ2) is 7.38. The molecule has 0 radical (unpaired) electrons. The molecule has 1 aromatic heterocycles. The number of aryl methyl sites for hydroxylation is 1. The van der Waals surface area contributed by atoms with Crippen molar-refractivity contribution in [1.82, 2.24) is 10.2 Å². The van der Waals surface area contributed by atoms with E-state index in [0.717, 1.165) is 23.2 Å². The smallest absolute Gasteiger partial charge is 0.231 e. The van der Waals surface area contributed by atoms with E-state index in [1.807, 2.05) is 31.2 Å². The van der Waals surface area contributed by atoms with E-state index in [0.29, 0.717) is 5.75 Å². The number of amides is 1. The van der Waals surface area contributed by atoms with E-state index in [1.165, 1.54) is 0 Å². The summed E-state index contributed by atoms with van der Waals surface area (Å²) in [7, 11) is -3.42. The molecular formula is C13H16N4O4S2. The van der Waals surface area contributed by atoms with E-state index in [9.17, 15) is 13.2 Å². The van der Waals surface area contributed by atoms with Gasteiger partial charge in [-0.2, -0.15) is 0 Å². The van der Waals surface area contributed by atoms with Gasteiger partial charge in [0.25, 0.3) is 0 Å². The average Bonchev–Trinajstić information content (AvgIpc) is 2.86. The van der Waals surface area contributed by atoms with E-state index in [1.54, 1.807) is 0 Å². The number of rotatable bonds is 7. The van der Waals surface area contributed by atoms with Crippen LogP contribution in [0.1, 0.15) is 12.0 Å². The summed E-state index contributed by atoms with van der Waals surface area (Å²) in [6.07, 6.45) is 1.15. The molecule has 1 heterocycles. The van der Waals surface area contributed by atoms with Gasteiger partial charge in [-0.25, -0.2) is 8.42 Å². The lowest BCUT2D eigenvalue weighted by molar-refractivity contribution is -0.116. The predicted molar refractivity (Wildman–Crippen MR) is 88.3 cm³/mol. The third-order valence-corrected chi connectivity index (χ3v) is 4.01. The van der Waals surface area contributed by atoms with Crippen LogP contribution in [0.2, 0.25) is 0 Å². The van der Waals surface area contributed by atoms with Gasteiger partial charge in [-0.15, -0.1) is 10.2 Å². The van der Waals surface area contributed by atoms with Crippen LogP contribution in [0.3, 0.4) is 0 Å². The normalized spacial score (nSPS) is 11.0. The van der Waals surface area contributed by atoms with Crippen molar-refractivity contribution in [2.45, 2.75) is 13.3 Å². The van der Waals surface area contributed by atoms with Crippen molar-refractivity contribution >= 4 is 37.5 Å². The molecule has 0 fully saturated rings. The number of nitrogens with one attached hydrogen (secondary N) is 2. The van der Waals surface area contributed by atoms with Crippen LogP contribution in [-0.4, -0.2) is 37.4 Å². The molecule has 0 aliphatic heterocycles. The van der Waals surface area contributed by atoms with E-state index in [4.69, 9.17) is 4.74 Å². The SMILES string of the molecule is Cc1ccc(OCCC(=O)Nc2nnc(NS(C)(=O)=O)s2)cc1. The van der Waals surface area contributed by atoms with Crippen LogP contribution in [0.4, 0.5) is 10.3 Å². The highest BCUT2D eigenvalue weighted by Gasteiger charge is 2.11. The number of benzene rings is 1. The van der Waals surface area contributed by atoms with Gasteiger partial charge in [0.2, 0.25) is 26.2 Å². The summed E-state index contributed by atoms with van der Waals surface area (Å²) in [5, 5.41) is 10.2. The molecule has 2 rings (SSSR count). The largest absolute Gasteiger partial charge is 0.493 e. The zero-order valence-electron chi connectivity index (χ0n) is 12.6. The van der Waals surface area contributed by atoms with Crippen LogP contribution < -0.4 is 14.8 Å². The summed E-state index contributed by atoms with van der Waals surface area (Å²) in [5.74, 6) is 0.401. The Morgan fingerprint density at radius 1 is 1.22 bits per heavy atom. The van der Waals surface area contributed by atoms with Crippen molar-refractivity contribution in [3.05, 3.63) is 29.8 Å². The Morgan fingerprint density at radius 2 is 1.87 bits per heavy atom. The molecule has 124 valence electrons. The maximum absolute atomic E-state index is 11.8. The Labute approximate surface area is 137 Å². The number of sulfonamides is 1. The quantitative estimate of drug-likeness (QED) is 0.780. The summed E-state index contributed by atoms with van der Waals surface area (Å²) in [4.78, 5) is 11.8. The van der Waals surface area contributed by atoms with E-state index < -0.39 is 10.0 Å². The van der Waals surface area contributed by atoms with Crippen LogP contribution in [0.25, 0.3) is 0 Å². The predicted octanol–water partition coefficient (Wildman–Crippen LogP) is 1.63. The fourth-order valence-corrected chi connectivity index (χ4v) is 3.04. The van der Waals surface area contributed by atoms with E-state index >= 15 is 0 Å². The lowest BCUT2D eigenvalue weighted by Crippen LogP contribution is -2.15. The number of carbonyl (C=O) groups excluding carboxylic acids is 1. The highest BCUT2D eigenvalue weighted by Crippen LogP contribution is 2.20. The third-order valence-electron chi connectivity index (χ3n) is 2.56. The molecule has 0 atom stereocenters. The van der Waals surface area contributed by atoms with Crippen LogP contribution in [0.15, 0.2) is 24.3 Å². The van der Waals surface area contributed by atoms with Crippen LogP contribution in [0.5, 0.6) is 5.75 Å². The molecule has 0 bridgehead atoms. The van der Waals surface area contributed by atoms with Gasteiger partial charge >= 0.3 is 0 Å². The van der Waals surface area contributed by atoms with Crippen molar-refractivity contribution in [2.75, 3.05) is 22.9 Å². The standard InChI is InChI=1S/C13H16N4O4S2/c1-9-3-5-10(6-4-9)21-8-7-11(18)14-12-15-16-13(22-12)17-23(2,19)20/h3-6H,7-8H2,1-2H3,(H,16,17)(H,14,15,18). The average molecular weight is 356 g/mol. The highest BCUT2D eigenvalue weighted by molar-refractivity contribution is 7.92. The molecule has 2 aromatic rings. The third kappa shape index (κ3) is 6.20. The fraction of sp³-hybridized carbons (Fsp3) is 0.308. The van der Waals surface area contributed by atoms with Crippen molar-refractivity contribution < 1.29 is 17.9 Å². The van der Waals surface area contributed by atoms with Gasteiger partial charge in [0.05, 0.1) is 19.3 Å². The number of ether oxygens (including phenoxy) is 1. The Balaban J connectivity index is 1.77. The first-order chi connectivity index (χ1) is 10.8. The molecule has 0 aliphatic rings. The summed E-state index contributed by atoms with van der Waals surface area (Å²) in [6, 6.07) is 7.52. The van der Waals surface area contributed by atoms with Crippen molar-refractivity contribution in [3.63, 3.8) is 0 Å². The summed E-state index contributed by atoms with van der Waals surface area (Å²) in [5.41, 5.74) is 1.13. The number of carbonyl (C=O) groups is 1. The molecule has 1 amide bonds. The zero-order chi connectivity index (χ0) is 16.9. The lowest BCUT2D eigenvalue weighted by Gasteiger charge is -2.06. The van der Waals surface area contributed by atoms with Crippen molar-refractivity contribution in [2.24, 2.45) is 0 Å². The van der Waals surface area contributed by atoms with Crippen molar-refractivity contribution in [1.29, 1.82) is 0 Å². The van der Waals surface area contributed by atoms with Gasteiger partial charge in [0.15, 0.2) is 0 Å². The molecule has 0 aliphatic carbocycles. The maximum Gasteiger partial charge on any atom is 0.231 e. The Kier molecular flexibility index (Phi) is 5.50. The first-order valence-electron chi connectivity index (χ1n) is 6.62. The van der Waals surface area contributed by atoms with Crippen LogP contribution >= 0.6 is 11.3 Å². The minimum absolute atomic E-state index is 0.0960. The topological polar surface area (TPSA) is 110 Å². The molecule has 10 heteroatoms. The monoisotopic (exact) mass is 356 g/mol. The van der Waals surface area contributed by atoms with Crippen LogP contribution in [-0.2, 0) is 14.8 Å². The number of hydrogen-bond donors (Lipinski definition) is 2.